The Bertz CT molecular complexity index is 581. The fourth-order valence-electron chi connectivity index (χ4n) is 1.94. The van der Waals surface area contributed by atoms with E-state index in [9.17, 15) is 0 Å². The molecule has 0 amide bonds. The van der Waals surface area contributed by atoms with Crippen LogP contribution in [-0.4, -0.2) is 24.3 Å². The lowest BCUT2D eigenvalue weighted by molar-refractivity contribution is 0.583. The zero-order chi connectivity index (χ0) is 14.5. The summed E-state index contributed by atoms with van der Waals surface area (Å²) in [5.41, 5.74) is 6.84. The molecule has 2 aromatic heterocycles. The predicted octanol–water partition coefficient (Wildman–Crippen LogP) is 2.84. The maximum absolute atomic E-state index is 5.67. The lowest BCUT2D eigenvalue weighted by Gasteiger charge is -2.11. The van der Waals surface area contributed by atoms with Gasteiger partial charge in [0.2, 0.25) is 0 Å². The van der Waals surface area contributed by atoms with Gasteiger partial charge in [-0.1, -0.05) is 17.8 Å². The molecule has 0 radical (unpaired) electrons. The molecule has 0 atom stereocenters. The van der Waals surface area contributed by atoms with Crippen molar-refractivity contribution in [1.82, 2.24) is 24.3 Å². The Morgan fingerprint density at radius 1 is 1.36 bits per heavy atom. The molecule has 0 bridgehead atoms. The molecule has 0 saturated carbocycles. The summed E-state index contributed by atoms with van der Waals surface area (Å²) in [4.78, 5) is 4.21. The topological polar surface area (TPSA) is 74.6 Å². The second kappa shape index (κ2) is 9.89. The standard InChI is InChI=1S/C13H20N6S.2ClH/c1-4-5-18-12(6-14)16-17-13(18)20-8-11-7-15-9-19(11)10(2)3;;/h4,7,9-10H,1,5-6,8,14H2,2-3H3;2*1H. The minimum absolute atomic E-state index is 0. The van der Waals surface area contributed by atoms with Gasteiger partial charge >= 0.3 is 0 Å². The van der Waals surface area contributed by atoms with Crippen LogP contribution in [0.25, 0.3) is 0 Å². The summed E-state index contributed by atoms with van der Waals surface area (Å²) in [5.74, 6) is 1.59. The van der Waals surface area contributed by atoms with Crippen molar-refractivity contribution in [3.8, 4) is 0 Å². The molecule has 0 aliphatic heterocycles. The average molecular weight is 365 g/mol. The van der Waals surface area contributed by atoms with Crippen molar-refractivity contribution in [1.29, 1.82) is 0 Å². The number of allylic oxidation sites excluding steroid dienone is 1. The van der Waals surface area contributed by atoms with Gasteiger partial charge in [-0.25, -0.2) is 4.98 Å². The van der Waals surface area contributed by atoms with Crippen LogP contribution in [0.3, 0.4) is 0 Å². The molecule has 0 saturated heterocycles. The van der Waals surface area contributed by atoms with E-state index in [1.54, 1.807) is 11.8 Å². The number of imidazole rings is 1. The molecular formula is C13H22Cl2N6S. The number of nitrogens with zero attached hydrogens (tertiary/aromatic N) is 5. The molecule has 0 unspecified atom stereocenters. The maximum Gasteiger partial charge on any atom is 0.191 e. The van der Waals surface area contributed by atoms with Gasteiger partial charge in [0, 0.05) is 30.2 Å². The van der Waals surface area contributed by atoms with E-state index in [1.165, 1.54) is 5.69 Å². The van der Waals surface area contributed by atoms with Gasteiger partial charge in [0.25, 0.3) is 0 Å². The van der Waals surface area contributed by atoms with Crippen LogP contribution in [0.1, 0.15) is 31.4 Å². The minimum Gasteiger partial charge on any atom is -0.331 e. The van der Waals surface area contributed by atoms with E-state index in [0.29, 0.717) is 19.1 Å². The maximum atomic E-state index is 5.67. The van der Waals surface area contributed by atoms with Crippen LogP contribution < -0.4 is 5.73 Å². The van der Waals surface area contributed by atoms with Gasteiger partial charge in [-0.15, -0.1) is 41.6 Å². The van der Waals surface area contributed by atoms with Crippen molar-refractivity contribution in [2.24, 2.45) is 5.73 Å². The Labute approximate surface area is 147 Å². The van der Waals surface area contributed by atoms with Crippen LogP contribution in [0.4, 0.5) is 0 Å². The first-order valence-corrected chi connectivity index (χ1v) is 7.52. The van der Waals surface area contributed by atoms with E-state index in [-0.39, 0.29) is 24.8 Å². The number of aromatic nitrogens is 5. The summed E-state index contributed by atoms with van der Waals surface area (Å²) in [6.07, 6.45) is 5.58. The van der Waals surface area contributed by atoms with Gasteiger partial charge in [0.15, 0.2) is 5.16 Å². The van der Waals surface area contributed by atoms with Crippen molar-refractivity contribution in [3.63, 3.8) is 0 Å². The Kier molecular flexibility index (Phi) is 9.43. The lowest BCUT2D eigenvalue weighted by atomic mass is 10.4. The Balaban J connectivity index is 0.00000220. The van der Waals surface area contributed by atoms with E-state index in [0.717, 1.165) is 16.7 Å². The summed E-state index contributed by atoms with van der Waals surface area (Å²) >= 11 is 1.64. The number of hydrogen-bond acceptors (Lipinski definition) is 5. The summed E-state index contributed by atoms with van der Waals surface area (Å²) < 4.78 is 4.15. The first kappa shape index (κ1) is 21.0. The van der Waals surface area contributed by atoms with Gasteiger partial charge < -0.3 is 14.9 Å². The molecule has 0 aromatic carbocycles. The summed E-state index contributed by atoms with van der Waals surface area (Å²) in [6.45, 7) is 9.09. The molecule has 22 heavy (non-hydrogen) atoms. The third-order valence-electron chi connectivity index (χ3n) is 2.94. The third kappa shape index (κ3) is 4.74. The van der Waals surface area contributed by atoms with Crippen LogP contribution in [0.15, 0.2) is 30.3 Å². The molecule has 0 spiro atoms. The van der Waals surface area contributed by atoms with Crippen molar-refractivity contribution in [3.05, 3.63) is 36.7 Å². The Morgan fingerprint density at radius 2 is 2.09 bits per heavy atom. The Morgan fingerprint density at radius 3 is 2.68 bits per heavy atom. The molecule has 0 aliphatic carbocycles. The first-order valence-electron chi connectivity index (χ1n) is 6.54. The quantitative estimate of drug-likeness (QED) is 0.603. The first-order chi connectivity index (χ1) is 9.67. The number of thioether (sulfide) groups is 1. The molecule has 2 rings (SSSR count). The van der Waals surface area contributed by atoms with E-state index in [2.05, 4.69) is 40.2 Å². The number of hydrogen-bond donors (Lipinski definition) is 1. The van der Waals surface area contributed by atoms with Gasteiger partial charge in [-0.2, -0.15) is 0 Å². The smallest absolute Gasteiger partial charge is 0.191 e. The number of nitrogens with two attached hydrogens (primary N) is 1. The minimum atomic E-state index is 0. The molecule has 6 nitrogen and oxygen atoms in total. The lowest BCUT2D eigenvalue weighted by Crippen LogP contribution is -2.08. The largest absolute Gasteiger partial charge is 0.331 e. The number of halogens is 2. The van der Waals surface area contributed by atoms with Crippen molar-refractivity contribution in [2.75, 3.05) is 0 Å². The molecule has 2 aromatic rings. The van der Waals surface area contributed by atoms with Crippen molar-refractivity contribution >= 4 is 36.6 Å². The molecule has 2 N–H and O–H groups in total. The van der Waals surface area contributed by atoms with Crippen LogP contribution in [0, 0.1) is 0 Å². The van der Waals surface area contributed by atoms with Gasteiger partial charge in [0.1, 0.15) is 5.82 Å². The summed E-state index contributed by atoms with van der Waals surface area (Å²) in [5, 5.41) is 9.17. The molecule has 9 heteroatoms. The van der Waals surface area contributed by atoms with Crippen molar-refractivity contribution < 1.29 is 0 Å². The zero-order valence-electron chi connectivity index (χ0n) is 12.7. The van der Waals surface area contributed by atoms with Crippen LogP contribution in [0.5, 0.6) is 0 Å². The molecule has 0 fully saturated rings. The number of rotatable bonds is 7. The summed E-state index contributed by atoms with van der Waals surface area (Å²) in [7, 11) is 0. The zero-order valence-corrected chi connectivity index (χ0v) is 15.1. The fourth-order valence-corrected chi connectivity index (χ4v) is 2.87. The van der Waals surface area contributed by atoms with E-state index in [1.807, 2.05) is 23.2 Å². The molecule has 0 aliphatic rings. The van der Waals surface area contributed by atoms with Gasteiger partial charge in [-0.3, -0.25) is 0 Å². The average Bonchev–Trinajstić information content (AvgIpc) is 3.03. The highest BCUT2D eigenvalue weighted by atomic mass is 35.5. The van der Waals surface area contributed by atoms with Crippen LogP contribution in [0.2, 0.25) is 0 Å². The van der Waals surface area contributed by atoms with E-state index >= 15 is 0 Å². The highest BCUT2D eigenvalue weighted by Crippen LogP contribution is 2.23. The highest BCUT2D eigenvalue weighted by molar-refractivity contribution is 7.98. The van der Waals surface area contributed by atoms with E-state index < -0.39 is 0 Å². The molecule has 2 heterocycles. The Hall–Kier alpha value is -1.02. The van der Waals surface area contributed by atoms with E-state index in [4.69, 9.17) is 5.73 Å². The second-order valence-corrected chi connectivity index (χ2v) is 5.62. The molecule has 124 valence electrons. The third-order valence-corrected chi connectivity index (χ3v) is 3.94. The second-order valence-electron chi connectivity index (χ2n) is 4.68. The van der Waals surface area contributed by atoms with Crippen LogP contribution >= 0.6 is 36.6 Å². The highest BCUT2D eigenvalue weighted by Gasteiger charge is 2.12. The van der Waals surface area contributed by atoms with Crippen LogP contribution in [-0.2, 0) is 18.8 Å². The van der Waals surface area contributed by atoms with Crippen molar-refractivity contribution in [2.45, 2.75) is 43.9 Å². The molecular weight excluding hydrogens is 343 g/mol. The van der Waals surface area contributed by atoms with Gasteiger partial charge in [-0.05, 0) is 13.8 Å². The van der Waals surface area contributed by atoms with Gasteiger partial charge in [0.05, 0.1) is 12.9 Å². The summed E-state index contributed by atoms with van der Waals surface area (Å²) in [6, 6.07) is 0.402. The normalized spacial score (nSPS) is 10.2. The predicted molar refractivity (Wildman–Crippen MR) is 94.8 cm³/mol. The monoisotopic (exact) mass is 364 g/mol. The SMILES string of the molecule is C=CCn1c(CN)nnc1SCc1cncn1C(C)C.Cl.Cl. The fraction of sp³-hybridized carbons (Fsp3) is 0.462.